The quantitative estimate of drug-likeness (QED) is 0.645. The van der Waals surface area contributed by atoms with Crippen LogP contribution in [-0.4, -0.2) is 28.3 Å². The van der Waals surface area contributed by atoms with Crippen molar-refractivity contribution in [1.29, 1.82) is 0 Å². The summed E-state index contributed by atoms with van der Waals surface area (Å²) >= 11 is 1.73. The first-order valence-electron chi connectivity index (χ1n) is 3.52. The molecule has 0 aliphatic rings. The van der Waals surface area contributed by atoms with Crippen LogP contribution in [0.1, 0.15) is 20.8 Å². The van der Waals surface area contributed by atoms with Crippen LogP contribution in [0.2, 0.25) is 0 Å². The van der Waals surface area contributed by atoms with Gasteiger partial charge in [0.2, 0.25) is 0 Å². The normalized spacial score (nSPS) is 17.4. The molecule has 0 saturated carbocycles. The molecule has 62 valence electrons. The van der Waals surface area contributed by atoms with E-state index in [0.29, 0.717) is 11.8 Å². The Balaban J connectivity index is 3.46. The fourth-order valence-corrected chi connectivity index (χ4v) is 1.22. The summed E-state index contributed by atoms with van der Waals surface area (Å²) in [5, 5.41) is 9.99. The molecule has 0 bridgehead atoms. The first-order valence-corrected chi connectivity index (χ1v) is 4.57. The molecule has 0 fully saturated rings. The summed E-state index contributed by atoms with van der Waals surface area (Å²) in [5.74, 6) is 0.723. The van der Waals surface area contributed by atoms with Crippen molar-refractivity contribution in [3.05, 3.63) is 0 Å². The van der Waals surface area contributed by atoms with Crippen molar-refractivity contribution in [1.82, 2.24) is 0 Å². The van der Waals surface area contributed by atoms with Gasteiger partial charge in [0.25, 0.3) is 0 Å². The number of hydrogen-bond donors (Lipinski definition) is 2. The zero-order valence-corrected chi connectivity index (χ0v) is 7.74. The summed E-state index contributed by atoms with van der Waals surface area (Å²) in [5.41, 5.74) is 4.64. The predicted octanol–water partition coefficient (Wildman–Crippen LogP) is 0.838. The van der Waals surface area contributed by atoms with E-state index in [0.717, 1.165) is 5.75 Å². The van der Waals surface area contributed by atoms with Crippen molar-refractivity contribution >= 4 is 11.8 Å². The second kappa shape index (κ2) is 4.21. The Kier molecular flexibility index (Phi) is 4.32. The monoisotopic (exact) mass is 163 g/mol. The third kappa shape index (κ3) is 5.09. The van der Waals surface area contributed by atoms with Gasteiger partial charge in [-0.15, -0.1) is 0 Å². The van der Waals surface area contributed by atoms with Crippen LogP contribution in [0.3, 0.4) is 0 Å². The summed E-state index contributed by atoms with van der Waals surface area (Å²) in [7, 11) is 0. The fourth-order valence-electron chi connectivity index (χ4n) is 0.405. The molecule has 0 aliphatic carbocycles. The summed E-state index contributed by atoms with van der Waals surface area (Å²) < 4.78 is 0. The number of nitrogens with two attached hydrogens (primary N) is 1. The molecule has 1 atom stereocenters. The van der Waals surface area contributed by atoms with Crippen LogP contribution in [0.4, 0.5) is 0 Å². The van der Waals surface area contributed by atoms with Crippen molar-refractivity contribution in [2.45, 2.75) is 31.6 Å². The summed E-state index contributed by atoms with van der Waals surface area (Å²) in [4.78, 5) is 0. The van der Waals surface area contributed by atoms with Crippen molar-refractivity contribution < 1.29 is 5.11 Å². The highest BCUT2D eigenvalue weighted by Gasteiger charge is 2.17. The largest absolute Gasteiger partial charge is 0.388 e. The lowest BCUT2D eigenvalue weighted by molar-refractivity contribution is 0.0949. The highest BCUT2D eigenvalue weighted by Crippen LogP contribution is 2.15. The number of rotatable bonds is 4. The molecule has 10 heavy (non-hydrogen) atoms. The van der Waals surface area contributed by atoms with Crippen LogP contribution in [0, 0.1) is 0 Å². The van der Waals surface area contributed by atoms with E-state index in [-0.39, 0.29) is 0 Å². The minimum atomic E-state index is -0.686. The maximum atomic E-state index is 9.43. The molecule has 0 amide bonds. The number of thioether (sulfide) groups is 1. The summed E-state index contributed by atoms with van der Waals surface area (Å²) in [6.07, 6.45) is 0. The number of hydrogen-bond acceptors (Lipinski definition) is 3. The molecule has 0 radical (unpaired) electrons. The smallest absolute Gasteiger partial charge is 0.0831 e. The molecule has 0 rings (SSSR count). The van der Waals surface area contributed by atoms with Crippen LogP contribution in [0.25, 0.3) is 0 Å². The average molecular weight is 163 g/mol. The van der Waals surface area contributed by atoms with Crippen LogP contribution < -0.4 is 5.73 Å². The lowest BCUT2D eigenvalue weighted by atomic mass is 10.1. The molecule has 0 aromatic heterocycles. The van der Waals surface area contributed by atoms with Gasteiger partial charge >= 0.3 is 0 Å². The van der Waals surface area contributed by atoms with E-state index < -0.39 is 5.60 Å². The average Bonchev–Trinajstić information content (AvgIpc) is 1.85. The van der Waals surface area contributed by atoms with Crippen molar-refractivity contribution in [3.63, 3.8) is 0 Å². The Morgan fingerprint density at radius 1 is 1.60 bits per heavy atom. The van der Waals surface area contributed by atoms with Crippen LogP contribution in [-0.2, 0) is 0 Å². The van der Waals surface area contributed by atoms with Crippen LogP contribution >= 0.6 is 11.8 Å². The molecule has 3 N–H and O–H groups in total. The maximum Gasteiger partial charge on any atom is 0.0831 e. The third-order valence-corrected chi connectivity index (χ3v) is 2.62. The second-order valence-electron chi connectivity index (χ2n) is 3.06. The predicted molar refractivity (Wildman–Crippen MR) is 47.3 cm³/mol. The SMILES string of the molecule is CC(C)SCC(C)(O)CN. The van der Waals surface area contributed by atoms with Gasteiger partial charge in [-0.05, 0) is 12.2 Å². The first kappa shape index (κ1) is 10.3. The fraction of sp³-hybridized carbons (Fsp3) is 1.00. The molecule has 0 heterocycles. The Bertz CT molecular complexity index is 93.6. The van der Waals surface area contributed by atoms with Crippen LogP contribution in [0.15, 0.2) is 0 Å². The van der Waals surface area contributed by atoms with Gasteiger partial charge in [-0.3, -0.25) is 0 Å². The molecule has 0 aromatic carbocycles. The highest BCUT2D eigenvalue weighted by atomic mass is 32.2. The molecule has 0 saturated heterocycles. The van der Waals surface area contributed by atoms with E-state index in [2.05, 4.69) is 13.8 Å². The molecular formula is C7H17NOS. The molecule has 2 nitrogen and oxygen atoms in total. The van der Waals surface area contributed by atoms with Crippen molar-refractivity contribution in [3.8, 4) is 0 Å². The Morgan fingerprint density at radius 3 is 2.40 bits per heavy atom. The molecule has 0 aliphatic heterocycles. The lowest BCUT2D eigenvalue weighted by Crippen LogP contribution is -2.37. The standard InChI is InChI=1S/C7H17NOS/c1-6(2)10-5-7(3,9)4-8/h6,9H,4-5,8H2,1-3H3. The van der Waals surface area contributed by atoms with E-state index in [9.17, 15) is 5.11 Å². The Morgan fingerprint density at radius 2 is 2.10 bits per heavy atom. The summed E-state index contributed by atoms with van der Waals surface area (Å²) in [6, 6.07) is 0. The summed E-state index contributed by atoms with van der Waals surface area (Å²) in [6.45, 7) is 6.32. The van der Waals surface area contributed by atoms with Gasteiger partial charge < -0.3 is 10.8 Å². The zero-order valence-electron chi connectivity index (χ0n) is 6.92. The molecule has 1 unspecified atom stereocenters. The Labute approximate surface area is 67.2 Å². The van der Waals surface area contributed by atoms with Gasteiger partial charge in [0.1, 0.15) is 0 Å². The van der Waals surface area contributed by atoms with Gasteiger partial charge in [-0.1, -0.05) is 13.8 Å². The Hall–Kier alpha value is 0.270. The zero-order chi connectivity index (χ0) is 8.20. The molecular weight excluding hydrogens is 146 g/mol. The lowest BCUT2D eigenvalue weighted by Gasteiger charge is -2.21. The second-order valence-corrected chi connectivity index (χ2v) is 4.63. The van der Waals surface area contributed by atoms with E-state index in [1.165, 1.54) is 0 Å². The van der Waals surface area contributed by atoms with E-state index >= 15 is 0 Å². The number of aliphatic hydroxyl groups is 1. The van der Waals surface area contributed by atoms with E-state index in [1.807, 2.05) is 0 Å². The molecule has 3 heteroatoms. The van der Waals surface area contributed by atoms with Crippen molar-refractivity contribution in [2.24, 2.45) is 5.73 Å². The van der Waals surface area contributed by atoms with Gasteiger partial charge in [0.05, 0.1) is 5.60 Å². The third-order valence-electron chi connectivity index (χ3n) is 1.17. The van der Waals surface area contributed by atoms with Crippen LogP contribution in [0.5, 0.6) is 0 Å². The molecule has 0 aromatic rings. The minimum absolute atomic E-state index is 0.340. The van der Waals surface area contributed by atoms with Gasteiger partial charge in [-0.2, -0.15) is 11.8 Å². The highest BCUT2D eigenvalue weighted by molar-refractivity contribution is 7.99. The van der Waals surface area contributed by atoms with Crippen molar-refractivity contribution in [2.75, 3.05) is 12.3 Å². The maximum absolute atomic E-state index is 9.43. The van der Waals surface area contributed by atoms with E-state index in [1.54, 1.807) is 18.7 Å². The van der Waals surface area contributed by atoms with Gasteiger partial charge in [0.15, 0.2) is 0 Å². The van der Waals surface area contributed by atoms with Gasteiger partial charge in [0, 0.05) is 12.3 Å². The topological polar surface area (TPSA) is 46.2 Å². The first-order chi connectivity index (χ1) is 4.48. The molecule has 0 spiro atoms. The van der Waals surface area contributed by atoms with E-state index in [4.69, 9.17) is 5.73 Å². The van der Waals surface area contributed by atoms with Gasteiger partial charge in [-0.25, -0.2) is 0 Å². The minimum Gasteiger partial charge on any atom is -0.388 e.